The number of hydrogen-bond donors (Lipinski definition) is 1. The minimum atomic E-state index is -3.81. The number of hydrogen-bond acceptors (Lipinski definition) is 4. The Morgan fingerprint density at radius 2 is 1.81 bits per heavy atom. The van der Waals surface area contributed by atoms with E-state index in [1.54, 1.807) is 32.0 Å². The minimum Gasteiger partial charge on any atom is -0.495 e. The van der Waals surface area contributed by atoms with Crippen molar-refractivity contribution in [1.82, 2.24) is 9.62 Å². The van der Waals surface area contributed by atoms with Crippen LogP contribution in [0.4, 0.5) is 4.39 Å². The summed E-state index contributed by atoms with van der Waals surface area (Å²) < 4.78 is 45.8. The molecule has 0 aromatic heterocycles. The first kappa shape index (κ1) is 20.9. The van der Waals surface area contributed by atoms with Gasteiger partial charge in [-0.15, -0.1) is 0 Å². The zero-order chi connectivity index (χ0) is 20.0. The summed E-state index contributed by atoms with van der Waals surface area (Å²) in [6, 6.07) is 10.3. The summed E-state index contributed by atoms with van der Waals surface area (Å²) in [7, 11) is -2.44. The van der Waals surface area contributed by atoms with Crippen molar-refractivity contribution in [2.45, 2.75) is 25.3 Å². The van der Waals surface area contributed by atoms with Crippen LogP contribution in [0, 0.1) is 5.82 Å². The van der Waals surface area contributed by atoms with E-state index in [-0.39, 0.29) is 22.8 Å². The van der Waals surface area contributed by atoms with Gasteiger partial charge >= 0.3 is 0 Å². The van der Waals surface area contributed by atoms with Crippen LogP contribution < -0.4 is 10.1 Å². The highest BCUT2D eigenvalue weighted by atomic mass is 32.2. The van der Waals surface area contributed by atoms with Gasteiger partial charge < -0.3 is 10.1 Å². The highest BCUT2D eigenvalue weighted by molar-refractivity contribution is 7.89. The second-order valence-electron chi connectivity index (χ2n) is 5.73. The molecule has 0 spiro atoms. The first-order valence-corrected chi connectivity index (χ1v) is 9.98. The average Bonchev–Trinajstić information content (AvgIpc) is 2.67. The summed E-state index contributed by atoms with van der Waals surface area (Å²) in [4.78, 5) is 12.4. The lowest BCUT2D eigenvalue weighted by atomic mass is 10.2. The van der Waals surface area contributed by atoms with Gasteiger partial charge in [0.15, 0.2) is 0 Å². The van der Waals surface area contributed by atoms with Gasteiger partial charge in [0.25, 0.3) is 5.91 Å². The smallest absolute Gasteiger partial charge is 0.251 e. The van der Waals surface area contributed by atoms with Crippen LogP contribution in [-0.2, 0) is 16.6 Å². The number of nitrogens with zero attached hydrogens (tertiary/aromatic N) is 1. The number of nitrogens with one attached hydrogen (secondary N) is 1. The van der Waals surface area contributed by atoms with Crippen molar-refractivity contribution in [3.63, 3.8) is 0 Å². The highest BCUT2D eigenvalue weighted by Gasteiger charge is 2.26. The number of methoxy groups -OCH3 is 1. The van der Waals surface area contributed by atoms with Crippen LogP contribution in [-0.4, -0.2) is 38.8 Å². The van der Waals surface area contributed by atoms with E-state index in [0.717, 1.165) is 0 Å². The van der Waals surface area contributed by atoms with Gasteiger partial charge in [-0.2, -0.15) is 4.31 Å². The van der Waals surface area contributed by atoms with E-state index in [9.17, 15) is 17.6 Å². The predicted octanol–water partition coefficient (Wildman–Crippen LogP) is 2.79. The number of carbonyl (C=O) groups is 1. The fourth-order valence-corrected chi connectivity index (χ4v) is 4.28. The van der Waals surface area contributed by atoms with E-state index in [2.05, 4.69) is 5.32 Å². The number of amides is 1. The highest BCUT2D eigenvalue weighted by Crippen LogP contribution is 2.28. The lowest BCUT2D eigenvalue weighted by Crippen LogP contribution is -2.31. The van der Waals surface area contributed by atoms with Gasteiger partial charge in [-0.3, -0.25) is 4.79 Å². The Kier molecular flexibility index (Phi) is 6.92. The quantitative estimate of drug-likeness (QED) is 0.747. The van der Waals surface area contributed by atoms with Gasteiger partial charge in [0.2, 0.25) is 10.0 Å². The van der Waals surface area contributed by atoms with Crippen LogP contribution in [0.3, 0.4) is 0 Å². The number of ether oxygens (including phenoxy) is 1. The van der Waals surface area contributed by atoms with Gasteiger partial charge in [0.05, 0.1) is 7.11 Å². The lowest BCUT2D eigenvalue weighted by Gasteiger charge is -2.20. The molecule has 0 aliphatic rings. The number of rotatable bonds is 8. The number of halogens is 1. The zero-order valence-corrected chi connectivity index (χ0v) is 16.3. The van der Waals surface area contributed by atoms with Crippen LogP contribution in [0.1, 0.15) is 29.8 Å². The van der Waals surface area contributed by atoms with Crippen LogP contribution in [0.15, 0.2) is 47.4 Å². The van der Waals surface area contributed by atoms with Gasteiger partial charge in [0.1, 0.15) is 16.5 Å². The molecule has 0 fully saturated rings. The third kappa shape index (κ3) is 4.64. The second-order valence-corrected chi connectivity index (χ2v) is 7.64. The third-order valence-electron chi connectivity index (χ3n) is 4.15. The molecule has 0 heterocycles. The Bertz CT molecular complexity index is 912. The normalized spacial score (nSPS) is 11.4. The molecule has 0 unspecified atom stereocenters. The molecule has 0 atom stereocenters. The Balaban J connectivity index is 2.31. The monoisotopic (exact) mass is 394 g/mol. The molecule has 0 aliphatic heterocycles. The molecule has 0 aliphatic carbocycles. The topological polar surface area (TPSA) is 75.7 Å². The summed E-state index contributed by atoms with van der Waals surface area (Å²) in [6.45, 7) is 4.06. The van der Waals surface area contributed by atoms with E-state index in [4.69, 9.17) is 4.74 Å². The summed E-state index contributed by atoms with van der Waals surface area (Å²) in [5.74, 6) is -0.762. The van der Waals surface area contributed by atoms with E-state index in [1.165, 1.54) is 35.7 Å². The maximum absolute atomic E-state index is 13.7. The first-order valence-electron chi connectivity index (χ1n) is 8.54. The van der Waals surface area contributed by atoms with Crippen molar-refractivity contribution in [2.24, 2.45) is 0 Å². The Morgan fingerprint density at radius 1 is 1.15 bits per heavy atom. The summed E-state index contributed by atoms with van der Waals surface area (Å²) in [6.07, 6.45) is 0. The van der Waals surface area contributed by atoms with Crippen LogP contribution in [0.2, 0.25) is 0 Å². The molecule has 6 nitrogen and oxygen atoms in total. The Hall–Kier alpha value is -2.45. The molecule has 8 heteroatoms. The fraction of sp³-hybridized carbons (Fsp3) is 0.316. The van der Waals surface area contributed by atoms with E-state index in [1.807, 2.05) is 0 Å². The standard InChI is InChI=1S/C19H23FN2O4S/c1-4-22(5-2)27(24,25)18-12-14(10-11-17(18)26-3)19(23)21-13-15-8-6-7-9-16(15)20/h6-12H,4-5,13H2,1-3H3,(H,21,23). The summed E-state index contributed by atoms with van der Waals surface area (Å²) in [5.41, 5.74) is 0.494. The lowest BCUT2D eigenvalue weighted by molar-refractivity contribution is 0.0950. The van der Waals surface area contributed by atoms with Gasteiger partial charge in [-0.05, 0) is 24.3 Å². The van der Waals surface area contributed by atoms with E-state index >= 15 is 0 Å². The van der Waals surface area contributed by atoms with Crippen LogP contribution >= 0.6 is 0 Å². The Morgan fingerprint density at radius 3 is 2.41 bits per heavy atom. The molecule has 0 saturated heterocycles. The molecule has 2 rings (SSSR count). The van der Waals surface area contributed by atoms with Gasteiger partial charge in [-0.25, -0.2) is 12.8 Å². The van der Waals surface area contributed by atoms with Crippen molar-refractivity contribution in [3.05, 3.63) is 59.4 Å². The molecule has 0 radical (unpaired) electrons. The van der Waals surface area contributed by atoms with Crippen molar-refractivity contribution < 1.29 is 22.3 Å². The first-order chi connectivity index (χ1) is 12.8. The molecule has 0 bridgehead atoms. The zero-order valence-electron chi connectivity index (χ0n) is 15.5. The maximum Gasteiger partial charge on any atom is 0.251 e. The van der Waals surface area contributed by atoms with Crippen molar-refractivity contribution >= 4 is 15.9 Å². The average molecular weight is 394 g/mol. The molecular weight excluding hydrogens is 371 g/mol. The minimum absolute atomic E-state index is 0.00430. The number of sulfonamides is 1. The van der Waals surface area contributed by atoms with Gasteiger partial charge in [0, 0.05) is 30.8 Å². The van der Waals surface area contributed by atoms with Crippen molar-refractivity contribution in [3.8, 4) is 5.75 Å². The largest absolute Gasteiger partial charge is 0.495 e. The summed E-state index contributed by atoms with van der Waals surface area (Å²) >= 11 is 0. The van der Waals surface area contributed by atoms with E-state index in [0.29, 0.717) is 18.7 Å². The Labute approximate surface area is 159 Å². The molecule has 146 valence electrons. The van der Waals surface area contributed by atoms with Crippen LogP contribution in [0.5, 0.6) is 5.75 Å². The third-order valence-corrected chi connectivity index (χ3v) is 6.22. The molecule has 1 amide bonds. The SMILES string of the molecule is CCN(CC)S(=O)(=O)c1cc(C(=O)NCc2ccccc2F)ccc1OC. The van der Waals surface area contributed by atoms with Crippen LogP contribution in [0.25, 0.3) is 0 Å². The molecule has 27 heavy (non-hydrogen) atoms. The maximum atomic E-state index is 13.7. The molecule has 2 aromatic rings. The molecule has 2 aromatic carbocycles. The van der Waals surface area contributed by atoms with Crippen molar-refractivity contribution in [1.29, 1.82) is 0 Å². The second kappa shape index (κ2) is 8.96. The summed E-state index contributed by atoms with van der Waals surface area (Å²) in [5, 5.41) is 2.60. The fourth-order valence-electron chi connectivity index (χ4n) is 2.64. The predicted molar refractivity (Wildman–Crippen MR) is 101 cm³/mol. The molecule has 1 N–H and O–H groups in total. The molecular formula is C19H23FN2O4S. The van der Waals surface area contributed by atoms with Crippen molar-refractivity contribution in [2.75, 3.05) is 20.2 Å². The van der Waals surface area contributed by atoms with Gasteiger partial charge in [-0.1, -0.05) is 32.0 Å². The van der Waals surface area contributed by atoms with E-state index < -0.39 is 21.7 Å². The number of benzene rings is 2. The number of carbonyl (C=O) groups excluding carboxylic acids is 1. The molecule has 0 saturated carbocycles.